The van der Waals surface area contributed by atoms with Crippen molar-refractivity contribution in [2.24, 2.45) is 0 Å². The van der Waals surface area contributed by atoms with E-state index in [1.54, 1.807) is 36.4 Å². The van der Waals surface area contributed by atoms with E-state index >= 15 is 0 Å². The van der Waals surface area contributed by atoms with E-state index in [0.717, 1.165) is 22.8 Å². The number of carbonyl (C=O) groups excluding carboxylic acids is 1. The topological polar surface area (TPSA) is 44.8 Å². The van der Waals surface area contributed by atoms with Crippen molar-refractivity contribution in [3.05, 3.63) is 59.7 Å². The largest absolute Gasteiger partial charge is 0.494 e. The molecule has 0 N–H and O–H groups in total. The maximum absolute atomic E-state index is 12.4. The van der Waals surface area contributed by atoms with Crippen molar-refractivity contribution in [2.45, 2.75) is 20.8 Å². The van der Waals surface area contributed by atoms with E-state index in [2.05, 4.69) is 0 Å². The summed E-state index contributed by atoms with van der Waals surface area (Å²) in [5.41, 5.74) is 1.42. The molecule has 0 radical (unpaired) electrons. The average Bonchev–Trinajstić information content (AvgIpc) is 2.63. The lowest BCUT2D eigenvalue weighted by atomic mass is 10.1. The summed E-state index contributed by atoms with van der Waals surface area (Å²) in [7, 11) is 0. The lowest BCUT2D eigenvalue weighted by Crippen LogP contribution is -1.98. The summed E-state index contributed by atoms with van der Waals surface area (Å²) >= 11 is 0. The van der Waals surface area contributed by atoms with Crippen LogP contribution in [0, 0.1) is 0 Å². The monoisotopic (exact) mass is 340 g/mol. The molecule has 0 unspecified atom stereocenters. The molecule has 0 fully saturated rings. The van der Waals surface area contributed by atoms with Gasteiger partial charge in [-0.3, -0.25) is 4.79 Å². The molecule has 0 heterocycles. The molecule has 0 amide bonds. The van der Waals surface area contributed by atoms with E-state index in [9.17, 15) is 4.79 Å². The van der Waals surface area contributed by atoms with Gasteiger partial charge in [0.1, 0.15) is 17.2 Å². The summed E-state index contributed by atoms with van der Waals surface area (Å²) in [6.45, 7) is 7.53. The normalized spacial score (nSPS) is 10.7. The number of hydrogen-bond donors (Lipinski definition) is 0. The molecule has 4 nitrogen and oxygen atoms in total. The summed E-state index contributed by atoms with van der Waals surface area (Å²) in [6, 6.07) is 12.7. The minimum atomic E-state index is -0.0766. The molecule has 0 saturated heterocycles. The van der Waals surface area contributed by atoms with Crippen LogP contribution in [0.5, 0.6) is 17.2 Å². The van der Waals surface area contributed by atoms with Gasteiger partial charge < -0.3 is 14.2 Å². The highest BCUT2D eigenvalue weighted by atomic mass is 16.5. The molecule has 2 rings (SSSR count). The molecule has 4 heteroatoms. The lowest BCUT2D eigenvalue weighted by molar-refractivity contribution is 0.104. The Balaban J connectivity index is 2.18. The number of benzene rings is 2. The second-order valence-corrected chi connectivity index (χ2v) is 5.22. The first-order chi connectivity index (χ1) is 12.2. The zero-order chi connectivity index (χ0) is 18.1. The Morgan fingerprint density at radius 2 is 1.44 bits per heavy atom. The molecule has 25 heavy (non-hydrogen) atoms. The molecule has 0 saturated carbocycles. The van der Waals surface area contributed by atoms with Crippen LogP contribution in [0.1, 0.15) is 36.7 Å². The maximum Gasteiger partial charge on any atom is 0.185 e. The van der Waals surface area contributed by atoms with Crippen LogP contribution in [0.25, 0.3) is 6.08 Å². The van der Waals surface area contributed by atoms with Crippen LogP contribution in [0.15, 0.2) is 48.5 Å². The van der Waals surface area contributed by atoms with Crippen LogP contribution in [-0.4, -0.2) is 25.6 Å². The SMILES string of the molecule is CCOc1ccc(C(=O)/C=C/c2cc(OCC)ccc2OCC)cc1. The highest BCUT2D eigenvalue weighted by molar-refractivity contribution is 6.07. The second-order valence-electron chi connectivity index (χ2n) is 5.22. The predicted molar refractivity (Wildman–Crippen MR) is 99.8 cm³/mol. The average molecular weight is 340 g/mol. The fourth-order valence-corrected chi connectivity index (χ4v) is 2.34. The van der Waals surface area contributed by atoms with Crippen molar-refractivity contribution in [3.63, 3.8) is 0 Å². The van der Waals surface area contributed by atoms with Crippen molar-refractivity contribution in [1.82, 2.24) is 0 Å². The van der Waals surface area contributed by atoms with E-state index in [1.807, 2.05) is 39.0 Å². The molecular formula is C21H24O4. The van der Waals surface area contributed by atoms with Gasteiger partial charge in [-0.25, -0.2) is 0 Å². The van der Waals surface area contributed by atoms with Crippen molar-refractivity contribution < 1.29 is 19.0 Å². The van der Waals surface area contributed by atoms with Crippen molar-refractivity contribution in [1.29, 1.82) is 0 Å². The van der Waals surface area contributed by atoms with Gasteiger partial charge in [-0.05, 0) is 75.4 Å². The van der Waals surface area contributed by atoms with E-state index in [1.165, 1.54) is 0 Å². The zero-order valence-electron chi connectivity index (χ0n) is 15.0. The Kier molecular flexibility index (Phi) is 7.08. The van der Waals surface area contributed by atoms with Crippen LogP contribution in [0.4, 0.5) is 0 Å². The van der Waals surface area contributed by atoms with E-state index in [4.69, 9.17) is 14.2 Å². The van der Waals surface area contributed by atoms with Gasteiger partial charge in [0, 0.05) is 11.1 Å². The van der Waals surface area contributed by atoms with Crippen LogP contribution in [0.2, 0.25) is 0 Å². The van der Waals surface area contributed by atoms with Crippen LogP contribution in [0.3, 0.4) is 0 Å². The first-order valence-electron chi connectivity index (χ1n) is 8.52. The molecule has 2 aromatic rings. The summed E-state index contributed by atoms with van der Waals surface area (Å²) in [6.07, 6.45) is 3.30. The van der Waals surface area contributed by atoms with Crippen LogP contribution >= 0.6 is 0 Å². The summed E-state index contributed by atoms with van der Waals surface area (Å²) in [5, 5.41) is 0. The van der Waals surface area contributed by atoms with E-state index in [0.29, 0.717) is 25.4 Å². The molecule has 0 aliphatic heterocycles. The molecular weight excluding hydrogens is 316 g/mol. The van der Waals surface area contributed by atoms with E-state index < -0.39 is 0 Å². The molecule has 0 aliphatic rings. The smallest absolute Gasteiger partial charge is 0.185 e. The standard InChI is InChI=1S/C21H24O4/c1-4-23-18-10-7-16(8-11-18)20(22)13-9-17-15-19(24-5-2)12-14-21(17)25-6-3/h7-15H,4-6H2,1-3H3/b13-9+. The first-order valence-corrected chi connectivity index (χ1v) is 8.52. The van der Waals surface area contributed by atoms with Gasteiger partial charge in [-0.15, -0.1) is 0 Å². The third-order valence-electron chi connectivity index (χ3n) is 3.46. The fourth-order valence-electron chi connectivity index (χ4n) is 2.34. The molecule has 0 aromatic heterocycles. The Morgan fingerprint density at radius 1 is 0.840 bits per heavy atom. The summed E-state index contributed by atoms with van der Waals surface area (Å²) in [4.78, 5) is 12.4. The molecule has 132 valence electrons. The van der Waals surface area contributed by atoms with E-state index in [-0.39, 0.29) is 5.78 Å². The maximum atomic E-state index is 12.4. The number of ether oxygens (including phenoxy) is 3. The molecule has 0 spiro atoms. The van der Waals surface area contributed by atoms with Gasteiger partial charge in [0.25, 0.3) is 0 Å². The number of hydrogen-bond acceptors (Lipinski definition) is 4. The predicted octanol–water partition coefficient (Wildman–Crippen LogP) is 4.78. The Bertz CT molecular complexity index is 717. The molecule has 2 aromatic carbocycles. The highest BCUT2D eigenvalue weighted by Crippen LogP contribution is 2.26. The lowest BCUT2D eigenvalue weighted by Gasteiger charge is -2.10. The van der Waals surface area contributed by atoms with Crippen molar-refractivity contribution in [2.75, 3.05) is 19.8 Å². The summed E-state index contributed by atoms with van der Waals surface area (Å²) in [5.74, 6) is 2.15. The minimum absolute atomic E-state index is 0.0766. The number of ketones is 1. The molecule has 0 atom stereocenters. The van der Waals surface area contributed by atoms with Gasteiger partial charge >= 0.3 is 0 Å². The molecule has 0 aliphatic carbocycles. The van der Waals surface area contributed by atoms with Crippen molar-refractivity contribution >= 4 is 11.9 Å². The van der Waals surface area contributed by atoms with Crippen LogP contribution in [-0.2, 0) is 0 Å². The number of rotatable bonds is 9. The zero-order valence-corrected chi connectivity index (χ0v) is 15.0. The Morgan fingerprint density at radius 3 is 2.08 bits per heavy atom. The van der Waals surface area contributed by atoms with Gasteiger partial charge in [0.15, 0.2) is 5.78 Å². The van der Waals surface area contributed by atoms with Gasteiger partial charge in [0.2, 0.25) is 0 Å². The Hall–Kier alpha value is -2.75. The third kappa shape index (κ3) is 5.38. The fraction of sp³-hybridized carbons (Fsp3) is 0.286. The second kappa shape index (κ2) is 9.52. The Labute approximate surface area is 149 Å². The third-order valence-corrected chi connectivity index (χ3v) is 3.46. The van der Waals surface area contributed by atoms with Gasteiger partial charge in [-0.1, -0.05) is 0 Å². The van der Waals surface area contributed by atoms with Crippen LogP contribution < -0.4 is 14.2 Å². The quantitative estimate of drug-likeness (QED) is 0.487. The highest BCUT2D eigenvalue weighted by Gasteiger charge is 2.06. The minimum Gasteiger partial charge on any atom is -0.494 e. The summed E-state index contributed by atoms with van der Waals surface area (Å²) < 4.78 is 16.5. The van der Waals surface area contributed by atoms with Gasteiger partial charge in [0.05, 0.1) is 19.8 Å². The van der Waals surface area contributed by atoms with Gasteiger partial charge in [-0.2, -0.15) is 0 Å². The molecule has 0 bridgehead atoms. The first kappa shape index (κ1) is 18.6. The number of carbonyl (C=O) groups is 1. The number of allylic oxidation sites excluding steroid dienone is 1. The van der Waals surface area contributed by atoms with Crippen molar-refractivity contribution in [3.8, 4) is 17.2 Å².